The molecule has 1 heterocycles. The van der Waals surface area contributed by atoms with Crippen LogP contribution < -0.4 is 10.0 Å². The van der Waals surface area contributed by atoms with Gasteiger partial charge in [-0.1, -0.05) is 18.2 Å². The number of rotatable bonds is 6. The molecule has 1 amide bonds. The predicted molar refractivity (Wildman–Crippen MR) is 128 cm³/mol. The van der Waals surface area contributed by atoms with E-state index in [2.05, 4.69) is 22.0 Å². The number of likely N-dealkylation sites (tertiary alicyclic amines) is 1. The molecule has 1 fully saturated rings. The average Bonchev–Trinajstić information content (AvgIpc) is 2.69. The maximum Gasteiger partial charge on any atom is 0.255 e. The predicted octanol–water partition coefficient (Wildman–Crippen LogP) is 3.99. The highest BCUT2D eigenvalue weighted by atomic mass is 35.5. The van der Waals surface area contributed by atoms with E-state index in [1.54, 1.807) is 31.2 Å². The number of sulfonamides is 1. The molecule has 0 radical (unpaired) electrons. The first-order valence-electron chi connectivity index (χ1n) is 10.4. The van der Waals surface area contributed by atoms with Crippen LogP contribution in [0.2, 0.25) is 0 Å². The van der Waals surface area contributed by atoms with Gasteiger partial charge in [0.25, 0.3) is 5.91 Å². The molecule has 0 aliphatic carbocycles. The van der Waals surface area contributed by atoms with E-state index in [1.165, 1.54) is 0 Å². The van der Waals surface area contributed by atoms with Gasteiger partial charge in [0.2, 0.25) is 10.0 Å². The Bertz CT molecular complexity index is 1020. The molecular weight excluding hydrogens is 434 g/mol. The molecule has 6 nitrogen and oxygen atoms in total. The van der Waals surface area contributed by atoms with Crippen LogP contribution in [0.25, 0.3) is 0 Å². The number of carbonyl (C=O) groups is 1. The van der Waals surface area contributed by atoms with Crippen molar-refractivity contribution in [2.75, 3.05) is 25.5 Å². The van der Waals surface area contributed by atoms with Crippen LogP contribution >= 0.6 is 12.4 Å². The van der Waals surface area contributed by atoms with Gasteiger partial charge in [-0.2, -0.15) is 0 Å². The molecule has 0 aromatic heterocycles. The highest BCUT2D eigenvalue weighted by Gasteiger charge is 2.26. The van der Waals surface area contributed by atoms with Crippen LogP contribution in [0.15, 0.2) is 47.4 Å². The minimum absolute atomic E-state index is 0. The lowest BCUT2D eigenvalue weighted by Crippen LogP contribution is -2.42. The number of anilines is 1. The van der Waals surface area contributed by atoms with Crippen LogP contribution in [-0.2, 0) is 10.0 Å². The second-order valence-electron chi connectivity index (χ2n) is 8.30. The van der Waals surface area contributed by atoms with Crippen LogP contribution in [-0.4, -0.2) is 45.4 Å². The van der Waals surface area contributed by atoms with Crippen LogP contribution in [0.4, 0.5) is 5.69 Å². The molecule has 1 saturated heterocycles. The van der Waals surface area contributed by atoms with Crippen molar-refractivity contribution < 1.29 is 13.2 Å². The lowest BCUT2D eigenvalue weighted by molar-refractivity contribution is 0.102. The smallest absolute Gasteiger partial charge is 0.255 e. The summed E-state index contributed by atoms with van der Waals surface area (Å²) in [6, 6.07) is 12.0. The van der Waals surface area contributed by atoms with Gasteiger partial charge < -0.3 is 10.2 Å². The third kappa shape index (κ3) is 6.29. The molecule has 170 valence electrons. The molecule has 1 aliphatic rings. The number of nitrogens with zero attached hydrogens (tertiary/aromatic N) is 1. The van der Waals surface area contributed by atoms with Crippen molar-refractivity contribution in [2.24, 2.45) is 5.92 Å². The second kappa shape index (κ2) is 10.6. The largest absolute Gasteiger partial charge is 0.322 e. The van der Waals surface area contributed by atoms with Gasteiger partial charge >= 0.3 is 0 Å². The van der Waals surface area contributed by atoms with E-state index in [0.717, 1.165) is 31.5 Å². The quantitative estimate of drug-likeness (QED) is 0.676. The van der Waals surface area contributed by atoms with E-state index >= 15 is 0 Å². The summed E-state index contributed by atoms with van der Waals surface area (Å²) in [6.07, 6.45) is 1.98. The van der Waals surface area contributed by atoms with Crippen LogP contribution in [0.5, 0.6) is 0 Å². The number of aryl methyl sites for hydroxylation is 2. The maximum absolute atomic E-state index is 12.9. The van der Waals surface area contributed by atoms with Gasteiger partial charge in [0, 0.05) is 17.3 Å². The molecule has 1 aliphatic heterocycles. The number of halogens is 1. The van der Waals surface area contributed by atoms with E-state index in [4.69, 9.17) is 0 Å². The minimum Gasteiger partial charge on any atom is -0.322 e. The number of amides is 1. The van der Waals surface area contributed by atoms with E-state index in [0.29, 0.717) is 22.7 Å². The first-order valence-corrected chi connectivity index (χ1v) is 11.8. The lowest BCUT2D eigenvalue weighted by Gasteiger charge is -2.32. The van der Waals surface area contributed by atoms with Gasteiger partial charge in [-0.15, -0.1) is 12.4 Å². The third-order valence-corrected chi connectivity index (χ3v) is 7.51. The summed E-state index contributed by atoms with van der Waals surface area (Å²) in [4.78, 5) is 15.1. The van der Waals surface area contributed by atoms with E-state index in [9.17, 15) is 13.2 Å². The molecule has 1 atom stereocenters. The Morgan fingerprint density at radius 2 is 1.71 bits per heavy atom. The van der Waals surface area contributed by atoms with Crippen molar-refractivity contribution in [1.82, 2.24) is 9.62 Å². The van der Waals surface area contributed by atoms with Crippen molar-refractivity contribution in [2.45, 2.75) is 44.6 Å². The minimum atomic E-state index is -3.63. The highest BCUT2D eigenvalue weighted by molar-refractivity contribution is 7.89. The van der Waals surface area contributed by atoms with E-state index in [1.807, 2.05) is 32.0 Å². The molecule has 2 aromatic carbocycles. The Hall–Kier alpha value is -1.93. The monoisotopic (exact) mass is 465 g/mol. The fourth-order valence-electron chi connectivity index (χ4n) is 3.90. The average molecular weight is 466 g/mol. The highest BCUT2D eigenvalue weighted by Crippen LogP contribution is 2.24. The summed E-state index contributed by atoms with van der Waals surface area (Å²) < 4.78 is 28.6. The van der Waals surface area contributed by atoms with Crippen LogP contribution in [0, 0.1) is 19.8 Å². The molecule has 31 heavy (non-hydrogen) atoms. The van der Waals surface area contributed by atoms with Crippen LogP contribution in [0.3, 0.4) is 0 Å². The number of benzene rings is 2. The standard InChI is InChI=1S/C23H31N3O3S.ClH/c1-16-7-5-6-8-21(16)23(27)24-22-10-9-20(15-17(22)2)30(28,29)25-18(3)19-11-13-26(4)14-12-19;/h5-10,15,18-19,25H,11-14H2,1-4H3,(H,24,27);1H. The van der Waals surface area contributed by atoms with Crippen molar-refractivity contribution >= 4 is 34.0 Å². The van der Waals surface area contributed by atoms with Gasteiger partial charge in [-0.25, -0.2) is 13.1 Å². The van der Waals surface area contributed by atoms with Crippen molar-refractivity contribution in [3.63, 3.8) is 0 Å². The molecule has 2 N–H and O–H groups in total. The topological polar surface area (TPSA) is 78.5 Å². The van der Waals surface area contributed by atoms with Gasteiger partial charge in [-0.3, -0.25) is 4.79 Å². The number of hydrogen-bond donors (Lipinski definition) is 2. The van der Waals surface area contributed by atoms with Gasteiger partial charge in [0.1, 0.15) is 0 Å². The first kappa shape index (κ1) is 25.3. The fourth-order valence-corrected chi connectivity index (χ4v) is 5.30. The zero-order chi connectivity index (χ0) is 21.9. The molecule has 3 rings (SSSR count). The molecule has 0 spiro atoms. The summed E-state index contributed by atoms with van der Waals surface area (Å²) in [7, 11) is -1.53. The van der Waals surface area contributed by atoms with Crippen molar-refractivity contribution in [3.05, 3.63) is 59.2 Å². The van der Waals surface area contributed by atoms with Gasteiger partial charge in [-0.05, 0) is 95.1 Å². The van der Waals surface area contributed by atoms with Crippen molar-refractivity contribution in [3.8, 4) is 0 Å². The summed E-state index contributed by atoms with van der Waals surface area (Å²) in [5.41, 5.74) is 2.79. The molecule has 8 heteroatoms. The number of piperidine rings is 1. The number of nitrogens with one attached hydrogen (secondary N) is 2. The van der Waals surface area contributed by atoms with Gasteiger partial charge in [0.05, 0.1) is 4.90 Å². The SMILES string of the molecule is Cc1cc(S(=O)(=O)NC(C)C2CCN(C)CC2)ccc1NC(=O)c1ccccc1C.Cl. The zero-order valence-corrected chi connectivity index (χ0v) is 20.1. The Balaban J connectivity index is 0.00000341. The molecule has 0 saturated carbocycles. The lowest BCUT2D eigenvalue weighted by atomic mass is 9.91. The normalized spacial score (nSPS) is 16.4. The zero-order valence-electron chi connectivity index (χ0n) is 18.5. The molecule has 1 unspecified atom stereocenters. The number of carbonyl (C=O) groups excluding carboxylic acids is 1. The molecular formula is C23H32ClN3O3S. The third-order valence-electron chi connectivity index (χ3n) is 5.96. The number of hydrogen-bond acceptors (Lipinski definition) is 4. The second-order valence-corrected chi connectivity index (χ2v) is 10.0. The fraction of sp³-hybridized carbons (Fsp3) is 0.435. The van der Waals surface area contributed by atoms with Gasteiger partial charge in [0.15, 0.2) is 0 Å². The summed E-state index contributed by atoms with van der Waals surface area (Å²) in [5, 5.41) is 2.88. The Labute approximate surface area is 191 Å². The van der Waals surface area contributed by atoms with Crippen LogP contribution in [0.1, 0.15) is 41.3 Å². The van der Waals surface area contributed by atoms with E-state index < -0.39 is 10.0 Å². The molecule has 0 bridgehead atoms. The Morgan fingerprint density at radius 1 is 1.06 bits per heavy atom. The Morgan fingerprint density at radius 3 is 2.32 bits per heavy atom. The maximum atomic E-state index is 12.9. The summed E-state index contributed by atoms with van der Waals surface area (Å²) in [6.45, 7) is 7.61. The first-order chi connectivity index (χ1) is 14.2. The summed E-state index contributed by atoms with van der Waals surface area (Å²) >= 11 is 0. The molecule has 2 aromatic rings. The Kier molecular flexibility index (Phi) is 8.65. The van der Waals surface area contributed by atoms with Crippen molar-refractivity contribution in [1.29, 1.82) is 0 Å². The summed E-state index contributed by atoms with van der Waals surface area (Å²) in [5.74, 6) is 0.130. The van der Waals surface area contributed by atoms with E-state index in [-0.39, 0.29) is 29.3 Å².